The van der Waals surface area contributed by atoms with Crippen molar-refractivity contribution >= 4 is 5.69 Å². The molecule has 0 unspecified atom stereocenters. The van der Waals surface area contributed by atoms with E-state index in [4.69, 9.17) is 11.0 Å². The van der Waals surface area contributed by atoms with Gasteiger partial charge in [-0.2, -0.15) is 5.26 Å². The van der Waals surface area contributed by atoms with Crippen molar-refractivity contribution in [2.24, 2.45) is 12.5 Å². The molecule has 1 fully saturated rings. The summed E-state index contributed by atoms with van der Waals surface area (Å²) in [5, 5.41) is 8.72. The molecule has 0 amide bonds. The van der Waals surface area contributed by atoms with Gasteiger partial charge in [-0.1, -0.05) is 0 Å². The summed E-state index contributed by atoms with van der Waals surface area (Å²) in [5.74, 6) is 0. The molecule has 1 aromatic rings. The van der Waals surface area contributed by atoms with Crippen molar-refractivity contribution in [1.82, 2.24) is 9.13 Å². The van der Waals surface area contributed by atoms with E-state index in [0.717, 1.165) is 17.4 Å². The molecule has 17 heavy (non-hydrogen) atoms. The van der Waals surface area contributed by atoms with Gasteiger partial charge in [-0.05, 0) is 12.8 Å². The molecule has 6 heteroatoms. The van der Waals surface area contributed by atoms with Crippen LogP contribution in [0.25, 0.3) is 0 Å². The molecule has 0 aliphatic heterocycles. The van der Waals surface area contributed by atoms with Gasteiger partial charge in [0.25, 0.3) is 5.56 Å². The van der Waals surface area contributed by atoms with Gasteiger partial charge in [-0.25, -0.2) is 4.79 Å². The van der Waals surface area contributed by atoms with Crippen LogP contribution in [0.4, 0.5) is 5.69 Å². The number of nitrogens with zero attached hydrogens (tertiary/aromatic N) is 3. The molecule has 0 spiro atoms. The van der Waals surface area contributed by atoms with Gasteiger partial charge < -0.3 is 10.3 Å². The summed E-state index contributed by atoms with van der Waals surface area (Å²) >= 11 is 0. The molecule has 1 aromatic heterocycles. The molecular weight excluding hydrogens is 220 g/mol. The smallest absolute Gasteiger partial charge is 0.330 e. The van der Waals surface area contributed by atoms with E-state index >= 15 is 0 Å². The largest absolute Gasteiger partial charge is 0.393 e. The zero-order chi connectivity index (χ0) is 12.6. The molecule has 0 aromatic carbocycles. The van der Waals surface area contributed by atoms with Crippen LogP contribution in [0.1, 0.15) is 19.3 Å². The first-order valence-electron chi connectivity index (χ1n) is 5.42. The number of hydrogen-bond acceptors (Lipinski definition) is 4. The molecule has 1 saturated carbocycles. The van der Waals surface area contributed by atoms with Crippen LogP contribution in [0.2, 0.25) is 0 Å². The number of nitrogens with two attached hydrogens (primary N) is 1. The highest BCUT2D eigenvalue weighted by Gasteiger charge is 2.43. The minimum Gasteiger partial charge on any atom is -0.393 e. The van der Waals surface area contributed by atoms with Crippen LogP contribution >= 0.6 is 0 Å². The molecular formula is C11H14N4O2. The fourth-order valence-corrected chi connectivity index (χ4v) is 1.96. The first kappa shape index (κ1) is 11.5. The Balaban J connectivity index is 2.44. The number of aromatic nitrogens is 2. The van der Waals surface area contributed by atoms with Crippen molar-refractivity contribution in [1.29, 1.82) is 5.26 Å². The molecule has 1 aliphatic carbocycles. The predicted octanol–water partition coefficient (Wildman–Crippen LogP) is -0.177. The lowest BCUT2D eigenvalue weighted by Crippen LogP contribution is -2.41. The molecule has 2 rings (SSSR count). The average Bonchev–Trinajstić information content (AvgIpc) is 3.03. The molecule has 6 nitrogen and oxygen atoms in total. The van der Waals surface area contributed by atoms with Crippen molar-refractivity contribution in [3.63, 3.8) is 0 Å². The quantitative estimate of drug-likeness (QED) is 0.785. The first-order valence-corrected chi connectivity index (χ1v) is 5.42. The Bertz CT molecular complexity index is 567. The molecule has 0 atom stereocenters. The first-order chi connectivity index (χ1) is 7.99. The standard InChI is InChI=1S/C11H14N4O2/c1-14-6-8(13)9(16)15(10(14)17)7-11(2-3-11)4-5-12/h6H,2-4,7,13H2,1H3. The van der Waals surface area contributed by atoms with Crippen molar-refractivity contribution < 1.29 is 0 Å². The number of nitriles is 1. The summed E-state index contributed by atoms with van der Waals surface area (Å²) in [5.41, 5.74) is 4.56. The van der Waals surface area contributed by atoms with Crippen molar-refractivity contribution in [3.05, 3.63) is 27.0 Å². The lowest BCUT2D eigenvalue weighted by Gasteiger charge is -2.13. The Morgan fingerprint density at radius 2 is 2.18 bits per heavy atom. The second-order valence-electron chi connectivity index (χ2n) is 4.70. The fourth-order valence-electron chi connectivity index (χ4n) is 1.96. The lowest BCUT2D eigenvalue weighted by molar-refractivity contribution is 0.406. The fraction of sp³-hybridized carbons (Fsp3) is 0.545. The molecule has 0 radical (unpaired) electrons. The van der Waals surface area contributed by atoms with Crippen LogP contribution < -0.4 is 17.0 Å². The van der Waals surface area contributed by atoms with E-state index in [1.54, 1.807) is 7.05 Å². The van der Waals surface area contributed by atoms with Crippen LogP contribution in [0.15, 0.2) is 15.8 Å². The third-order valence-corrected chi connectivity index (χ3v) is 3.26. The summed E-state index contributed by atoms with van der Waals surface area (Å²) in [6, 6.07) is 2.10. The highest BCUT2D eigenvalue weighted by Crippen LogP contribution is 2.49. The van der Waals surface area contributed by atoms with Gasteiger partial charge in [0.2, 0.25) is 0 Å². The maximum Gasteiger partial charge on any atom is 0.330 e. The summed E-state index contributed by atoms with van der Waals surface area (Å²) in [4.78, 5) is 23.6. The molecule has 90 valence electrons. The van der Waals surface area contributed by atoms with Gasteiger partial charge in [-0.3, -0.25) is 9.36 Å². The summed E-state index contributed by atoms with van der Waals surface area (Å²) in [7, 11) is 1.55. The van der Waals surface area contributed by atoms with Crippen LogP contribution in [0.5, 0.6) is 0 Å². The maximum atomic E-state index is 11.8. The number of anilines is 1. The second kappa shape index (κ2) is 3.77. The van der Waals surface area contributed by atoms with Gasteiger partial charge >= 0.3 is 5.69 Å². The SMILES string of the molecule is Cn1cc(N)c(=O)n(CC2(CC#N)CC2)c1=O. The highest BCUT2D eigenvalue weighted by atomic mass is 16.2. The van der Waals surface area contributed by atoms with Crippen molar-refractivity contribution in [3.8, 4) is 6.07 Å². The maximum absolute atomic E-state index is 11.8. The Morgan fingerprint density at radius 1 is 1.53 bits per heavy atom. The van der Waals surface area contributed by atoms with Crippen LogP contribution in [-0.2, 0) is 13.6 Å². The van der Waals surface area contributed by atoms with Crippen molar-refractivity contribution in [2.75, 3.05) is 5.73 Å². The number of aryl methyl sites for hydroxylation is 1. The van der Waals surface area contributed by atoms with Gasteiger partial charge in [0.15, 0.2) is 0 Å². The lowest BCUT2D eigenvalue weighted by atomic mass is 10.0. The average molecular weight is 234 g/mol. The molecule has 2 N–H and O–H groups in total. The number of hydrogen-bond donors (Lipinski definition) is 1. The van der Waals surface area contributed by atoms with Crippen molar-refractivity contribution in [2.45, 2.75) is 25.8 Å². The van der Waals surface area contributed by atoms with E-state index in [-0.39, 0.29) is 23.3 Å². The van der Waals surface area contributed by atoms with E-state index in [1.807, 2.05) is 0 Å². The topological polar surface area (TPSA) is 93.8 Å². The van der Waals surface area contributed by atoms with Crippen LogP contribution in [0, 0.1) is 16.7 Å². The van der Waals surface area contributed by atoms with Gasteiger partial charge in [0.05, 0.1) is 6.07 Å². The second-order valence-corrected chi connectivity index (χ2v) is 4.70. The zero-order valence-electron chi connectivity index (χ0n) is 9.64. The summed E-state index contributed by atoms with van der Waals surface area (Å²) in [6.45, 7) is 0.289. The molecule has 1 heterocycles. The Kier molecular flexibility index (Phi) is 2.54. The Morgan fingerprint density at radius 3 is 2.71 bits per heavy atom. The van der Waals surface area contributed by atoms with Crippen LogP contribution in [-0.4, -0.2) is 9.13 Å². The van der Waals surface area contributed by atoms with E-state index in [9.17, 15) is 9.59 Å². The van der Waals surface area contributed by atoms with E-state index < -0.39 is 5.56 Å². The highest BCUT2D eigenvalue weighted by molar-refractivity contribution is 5.31. The predicted molar refractivity (Wildman–Crippen MR) is 62.3 cm³/mol. The zero-order valence-corrected chi connectivity index (χ0v) is 9.64. The molecule has 1 aliphatic rings. The molecule has 0 saturated heterocycles. The third kappa shape index (κ3) is 1.96. The van der Waals surface area contributed by atoms with Gasteiger partial charge in [-0.15, -0.1) is 0 Å². The Labute approximate surface area is 97.9 Å². The van der Waals surface area contributed by atoms with E-state index in [2.05, 4.69) is 6.07 Å². The van der Waals surface area contributed by atoms with E-state index in [1.165, 1.54) is 10.8 Å². The monoisotopic (exact) mass is 234 g/mol. The normalized spacial score (nSPS) is 16.5. The summed E-state index contributed by atoms with van der Waals surface area (Å²) < 4.78 is 2.43. The van der Waals surface area contributed by atoms with E-state index in [0.29, 0.717) is 6.42 Å². The molecule has 0 bridgehead atoms. The van der Waals surface area contributed by atoms with Crippen LogP contribution in [0.3, 0.4) is 0 Å². The Hall–Kier alpha value is -2.03. The number of nitrogen functional groups attached to an aromatic ring is 1. The minimum absolute atomic E-state index is 0.0554. The van der Waals surface area contributed by atoms with Gasteiger partial charge in [0.1, 0.15) is 5.69 Å². The number of rotatable bonds is 3. The summed E-state index contributed by atoms with van der Waals surface area (Å²) in [6.07, 6.45) is 3.46. The van der Waals surface area contributed by atoms with Gasteiger partial charge in [0, 0.05) is 31.6 Å². The third-order valence-electron chi connectivity index (χ3n) is 3.26. The minimum atomic E-state index is -0.461.